The Labute approximate surface area is 228 Å². The second-order valence-electron chi connectivity index (χ2n) is 10.2. The fraction of sp³-hybridized carbons (Fsp3) is 0.400. The molecular formula is C25H24BrClF4N2O5. The summed E-state index contributed by atoms with van der Waals surface area (Å²) in [7, 11) is 0. The molecule has 0 aromatic heterocycles. The lowest BCUT2D eigenvalue weighted by atomic mass is 9.62. The number of rotatable bonds is 3. The van der Waals surface area contributed by atoms with Gasteiger partial charge in [0.05, 0.1) is 5.02 Å². The van der Waals surface area contributed by atoms with E-state index < -0.39 is 47.3 Å². The van der Waals surface area contributed by atoms with Crippen molar-refractivity contribution in [1.29, 1.82) is 0 Å². The number of nitrogens with one attached hydrogen (secondary N) is 2. The monoisotopic (exact) mass is 622 g/mol. The largest absolute Gasteiger partial charge is 0.490 e. The van der Waals surface area contributed by atoms with E-state index in [0.29, 0.717) is 17.7 Å². The molecule has 7 nitrogen and oxygen atoms in total. The quantitative estimate of drug-likeness (QED) is 0.326. The van der Waals surface area contributed by atoms with Crippen molar-refractivity contribution in [2.24, 2.45) is 5.41 Å². The third kappa shape index (κ3) is 5.52. The molecule has 2 heterocycles. The minimum atomic E-state index is -5.08. The number of hydrogen-bond acceptors (Lipinski definition) is 4. The van der Waals surface area contributed by atoms with Gasteiger partial charge in [-0.25, -0.2) is 9.18 Å². The molecule has 206 valence electrons. The molecule has 1 spiro atoms. The second kappa shape index (κ2) is 10.5. The van der Waals surface area contributed by atoms with Crippen LogP contribution < -0.4 is 10.6 Å². The number of carboxylic acids is 2. The molecule has 2 aromatic carbocycles. The van der Waals surface area contributed by atoms with Crippen LogP contribution >= 0.6 is 27.5 Å². The molecule has 4 N–H and O–H groups in total. The topological polar surface area (TPSA) is 116 Å². The third-order valence-electron chi connectivity index (χ3n) is 6.45. The first kappa shape index (κ1) is 29.9. The number of aliphatic carboxylic acids is 2. The molecule has 4 atom stereocenters. The fourth-order valence-electron chi connectivity index (χ4n) is 5.14. The van der Waals surface area contributed by atoms with Crippen LogP contribution in [0.2, 0.25) is 5.02 Å². The molecule has 1 saturated heterocycles. The Morgan fingerprint density at radius 3 is 2.26 bits per heavy atom. The highest BCUT2D eigenvalue weighted by atomic mass is 79.9. The van der Waals surface area contributed by atoms with Gasteiger partial charge < -0.3 is 15.5 Å². The number of halogens is 6. The smallest absolute Gasteiger partial charge is 0.480 e. The van der Waals surface area contributed by atoms with E-state index in [2.05, 4.69) is 26.6 Å². The van der Waals surface area contributed by atoms with Gasteiger partial charge in [-0.15, -0.1) is 0 Å². The molecule has 0 unspecified atom stereocenters. The average Bonchev–Trinajstić information content (AvgIpc) is 3.24. The lowest BCUT2D eigenvalue weighted by molar-refractivity contribution is -0.192. The Morgan fingerprint density at radius 2 is 1.74 bits per heavy atom. The average molecular weight is 624 g/mol. The predicted octanol–water partition coefficient (Wildman–Crippen LogP) is 5.71. The SMILES string of the molecule is CC(C)(C)C[C@@H]1N[C@@H](C(=O)O)[C@H](c2cccc(Cl)c2F)[C@]12C(=O)Nc1cc(Br)ccc12.O=C(O)C(F)(F)F. The lowest BCUT2D eigenvalue weighted by Crippen LogP contribution is -2.49. The van der Waals surface area contributed by atoms with Gasteiger partial charge in [-0.3, -0.25) is 14.9 Å². The number of hydrogen-bond donors (Lipinski definition) is 4. The maximum atomic E-state index is 15.3. The van der Waals surface area contributed by atoms with Crippen LogP contribution in [-0.2, 0) is 19.8 Å². The van der Waals surface area contributed by atoms with E-state index in [4.69, 9.17) is 21.5 Å². The van der Waals surface area contributed by atoms with Crippen LogP contribution in [0.25, 0.3) is 0 Å². The summed E-state index contributed by atoms with van der Waals surface area (Å²) in [6, 6.07) is 8.24. The number of amides is 1. The van der Waals surface area contributed by atoms with Crippen LogP contribution in [0.3, 0.4) is 0 Å². The van der Waals surface area contributed by atoms with Gasteiger partial charge in [-0.2, -0.15) is 13.2 Å². The van der Waals surface area contributed by atoms with Gasteiger partial charge in [-0.05, 0) is 41.2 Å². The number of carboxylic acid groups (broad SMARTS) is 2. The Kier molecular flexibility index (Phi) is 8.22. The molecule has 2 aliphatic heterocycles. The second-order valence-corrected chi connectivity index (χ2v) is 11.6. The molecule has 0 aliphatic carbocycles. The summed E-state index contributed by atoms with van der Waals surface area (Å²) in [6.45, 7) is 6.09. The van der Waals surface area contributed by atoms with E-state index >= 15 is 4.39 Å². The van der Waals surface area contributed by atoms with Gasteiger partial charge in [0.15, 0.2) is 0 Å². The van der Waals surface area contributed by atoms with Gasteiger partial charge in [-0.1, -0.05) is 66.5 Å². The number of anilines is 1. The molecule has 2 aliphatic rings. The number of carbonyl (C=O) groups is 3. The normalized spacial score (nSPS) is 24.4. The molecule has 2 aromatic rings. The standard InChI is InChI=1S/C23H23BrClFN2O3.C2HF3O2/c1-22(2,3)10-16-23(13-8-7-11(24)9-15(13)27-21(23)31)17(19(28-16)20(29)30)12-5-4-6-14(25)18(12)26;3-2(4,5)1(6)7/h4-9,16-17,19,28H,10H2,1-3H3,(H,27,31)(H,29,30);(H,6,7)/t16-,17-,19+,23+;/m0./s1. The molecule has 0 saturated carbocycles. The zero-order valence-corrected chi connectivity index (χ0v) is 22.6. The predicted molar refractivity (Wildman–Crippen MR) is 135 cm³/mol. The van der Waals surface area contributed by atoms with Crippen molar-refractivity contribution in [3.05, 3.63) is 62.8 Å². The minimum absolute atomic E-state index is 0.106. The molecule has 0 bridgehead atoms. The molecular weight excluding hydrogens is 600 g/mol. The van der Waals surface area contributed by atoms with E-state index in [9.17, 15) is 27.9 Å². The van der Waals surface area contributed by atoms with Crippen LogP contribution in [0.4, 0.5) is 23.2 Å². The van der Waals surface area contributed by atoms with Crippen LogP contribution in [0.15, 0.2) is 40.9 Å². The van der Waals surface area contributed by atoms with Gasteiger partial charge in [0, 0.05) is 22.1 Å². The lowest BCUT2D eigenvalue weighted by Gasteiger charge is -2.37. The fourth-order valence-corrected chi connectivity index (χ4v) is 5.68. The molecule has 1 fully saturated rings. The van der Waals surface area contributed by atoms with E-state index in [1.54, 1.807) is 12.1 Å². The van der Waals surface area contributed by atoms with Gasteiger partial charge in [0.25, 0.3) is 0 Å². The van der Waals surface area contributed by atoms with Gasteiger partial charge in [0.1, 0.15) is 17.3 Å². The van der Waals surface area contributed by atoms with Crippen molar-refractivity contribution < 1.29 is 42.2 Å². The highest BCUT2D eigenvalue weighted by Crippen LogP contribution is 2.57. The third-order valence-corrected chi connectivity index (χ3v) is 7.23. The summed E-state index contributed by atoms with van der Waals surface area (Å²) in [4.78, 5) is 34.9. The molecule has 0 radical (unpaired) electrons. The Balaban J connectivity index is 0.000000505. The van der Waals surface area contributed by atoms with Crippen LogP contribution in [0.1, 0.15) is 44.2 Å². The number of alkyl halides is 3. The van der Waals surface area contributed by atoms with Crippen LogP contribution in [0.5, 0.6) is 0 Å². The summed E-state index contributed by atoms with van der Waals surface area (Å²) < 4.78 is 47.8. The number of benzene rings is 2. The van der Waals surface area contributed by atoms with E-state index in [1.807, 2.05) is 32.9 Å². The highest BCUT2D eigenvalue weighted by molar-refractivity contribution is 9.10. The van der Waals surface area contributed by atoms with Crippen molar-refractivity contribution in [2.45, 2.75) is 56.8 Å². The molecule has 13 heteroatoms. The number of fused-ring (bicyclic) bond motifs is 2. The van der Waals surface area contributed by atoms with E-state index in [0.717, 1.165) is 4.47 Å². The van der Waals surface area contributed by atoms with Crippen LogP contribution in [-0.4, -0.2) is 46.3 Å². The molecule has 38 heavy (non-hydrogen) atoms. The van der Waals surface area contributed by atoms with Gasteiger partial charge >= 0.3 is 18.1 Å². The Morgan fingerprint density at radius 1 is 1.13 bits per heavy atom. The van der Waals surface area contributed by atoms with Gasteiger partial charge in [0.2, 0.25) is 5.91 Å². The highest BCUT2D eigenvalue weighted by Gasteiger charge is 2.66. The molecule has 1 amide bonds. The summed E-state index contributed by atoms with van der Waals surface area (Å²) in [6.07, 6.45) is -4.57. The molecule has 4 rings (SSSR count). The summed E-state index contributed by atoms with van der Waals surface area (Å²) >= 11 is 9.49. The summed E-state index contributed by atoms with van der Waals surface area (Å²) in [5.41, 5.74) is -0.143. The van der Waals surface area contributed by atoms with Crippen molar-refractivity contribution in [2.75, 3.05) is 5.32 Å². The first-order valence-corrected chi connectivity index (χ1v) is 12.4. The Hall–Kier alpha value is -2.70. The van der Waals surface area contributed by atoms with E-state index in [-0.39, 0.29) is 21.9 Å². The maximum Gasteiger partial charge on any atom is 0.490 e. The summed E-state index contributed by atoms with van der Waals surface area (Å²) in [5.74, 6) is -5.92. The first-order chi connectivity index (χ1) is 17.4. The van der Waals surface area contributed by atoms with Crippen molar-refractivity contribution in [3.8, 4) is 0 Å². The first-order valence-electron chi connectivity index (χ1n) is 11.3. The number of carbonyl (C=O) groups excluding carboxylic acids is 1. The van der Waals surface area contributed by atoms with Crippen molar-refractivity contribution >= 4 is 51.1 Å². The minimum Gasteiger partial charge on any atom is -0.480 e. The summed E-state index contributed by atoms with van der Waals surface area (Å²) in [5, 5.41) is 23.2. The van der Waals surface area contributed by atoms with E-state index in [1.165, 1.54) is 12.1 Å². The zero-order valence-electron chi connectivity index (χ0n) is 20.3. The van der Waals surface area contributed by atoms with Crippen LogP contribution in [0, 0.1) is 11.2 Å². The maximum absolute atomic E-state index is 15.3. The Bertz CT molecular complexity index is 1280. The van der Waals surface area contributed by atoms with Crippen molar-refractivity contribution in [1.82, 2.24) is 5.32 Å². The van der Waals surface area contributed by atoms with Crippen molar-refractivity contribution in [3.63, 3.8) is 0 Å². The zero-order chi connectivity index (χ0) is 28.8.